The van der Waals surface area contributed by atoms with E-state index in [2.05, 4.69) is 10.2 Å². The molecule has 0 aromatic rings. The number of rotatable bonds is 6. The number of carbonyl (C=O) groups is 2. The van der Waals surface area contributed by atoms with Crippen molar-refractivity contribution in [3.8, 4) is 0 Å². The molecule has 118 valence electrons. The van der Waals surface area contributed by atoms with E-state index in [1.54, 1.807) is 4.90 Å². The standard InChI is InChI=1S/C16H27N3O2/c20-15-12-14(16(21)19(15)13-6-1-2-7-13)17-8-5-11-18-9-3-4-10-18/h13-14,17H,1-12H2. The molecular weight excluding hydrogens is 266 g/mol. The second kappa shape index (κ2) is 6.88. The van der Waals surface area contributed by atoms with Crippen molar-refractivity contribution in [2.75, 3.05) is 26.2 Å². The molecule has 2 amide bonds. The Labute approximate surface area is 127 Å². The maximum Gasteiger partial charge on any atom is 0.247 e. The number of nitrogens with one attached hydrogen (secondary N) is 1. The second-order valence-electron chi connectivity index (χ2n) is 6.65. The third-order valence-corrected chi connectivity index (χ3v) is 5.11. The lowest BCUT2D eigenvalue weighted by molar-refractivity contribution is -0.141. The molecule has 1 atom stereocenters. The average Bonchev–Trinajstić information content (AvgIpc) is 3.18. The minimum Gasteiger partial charge on any atom is -0.305 e. The van der Waals surface area contributed by atoms with E-state index >= 15 is 0 Å². The SMILES string of the molecule is O=C1CC(NCCCN2CCCC2)C(=O)N1C1CCCC1. The minimum absolute atomic E-state index is 0.0214. The van der Waals surface area contributed by atoms with Gasteiger partial charge >= 0.3 is 0 Å². The van der Waals surface area contributed by atoms with Gasteiger partial charge in [0, 0.05) is 6.04 Å². The highest BCUT2D eigenvalue weighted by Gasteiger charge is 2.42. The number of likely N-dealkylation sites (tertiary alicyclic amines) is 2. The molecule has 1 unspecified atom stereocenters. The van der Waals surface area contributed by atoms with Crippen LogP contribution in [0.3, 0.4) is 0 Å². The molecule has 3 fully saturated rings. The number of imide groups is 1. The van der Waals surface area contributed by atoms with E-state index in [0.29, 0.717) is 6.42 Å². The maximum atomic E-state index is 12.4. The average molecular weight is 293 g/mol. The zero-order valence-electron chi connectivity index (χ0n) is 12.9. The van der Waals surface area contributed by atoms with Gasteiger partial charge in [0.15, 0.2) is 0 Å². The maximum absolute atomic E-state index is 12.4. The second-order valence-corrected chi connectivity index (χ2v) is 6.65. The number of hydrogen-bond acceptors (Lipinski definition) is 4. The molecule has 3 aliphatic rings. The largest absolute Gasteiger partial charge is 0.305 e. The Morgan fingerprint density at radius 1 is 1.05 bits per heavy atom. The Morgan fingerprint density at radius 2 is 1.76 bits per heavy atom. The quantitative estimate of drug-likeness (QED) is 0.589. The van der Waals surface area contributed by atoms with Crippen LogP contribution < -0.4 is 5.32 Å². The van der Waals surface area contributed by atoms with Crippen LogP contribution in [0.15, 0.2) is 0 Å². The first-order valence-electron chi connectivity index (χ1n) is 8.57. The topological polar surface area (TPSA) is 52.7 Å². The molecule has 2 saturated heterocycles. The summed E-state index contributed by atoms with van der Waals surface area (Å²) in [7, 11) is 0. The Hall–Kier alpha value is -0.940. The van der Waals surface area contributed by atoms with Crippen molar-refractivity contribution in [2.24, 2.45) is 0 Å². The Morgan fingerprint density at radius 3 is 2.48 bits per heavy atom. The Kier molecular flexibility index (Phi) is 4.91. The summed E-state index contributed by atoms with van der Waals surface area (Å²) in [6.45, 7) is 4.37. The van der Waals surface area contributed by atoms with E-state index in [1.807, 2.05) is 0 Å². The van der Waals surface area contributed by atoms with Gasteiger partial charge in [0.05, 0.1) is 12.5 Å². The molecule has 5 heteroatoms. The fourth-order valence-corrected chi connectivity index (χ4v) is 3.94. The van der Waals surface area contributed by atoms with Crippen molar-refractivity contribution in [1.29, 1.82) is 0 Å². The number of carbonyl (C=O) groups excluding carboxylic acids is 2. The first-order chi connectivity index (χ1) is 10.3. The first kappa shape index (κ1) is 15.0. The van der Waals surface area contributed by atoms with Crippen molar-refractivity contribution >= 4 is 11.8 Å². The van der Waals surface area contributed by atoms with Crippen molar-refractivity contribution in [3.05, 3.63) is 0 Å². The molecule has 1 aliphatic carbocycles. The van der Waals surface area contributed by atoms with Gasteiger partial charge < -0.3 is 10.2 Å². The highest BCUT2D eigenvalue weighted by atomic mass is 16.2. The number of hydrogen-bond donors (Lipinski definition) is 1. The minimum atomic E-state index is -0.267. The predicted octanol–water partition coefficient (Wildman–Crippen LogP) is 1.13. The van der Waals surface area contributed by atoms with Crippen LogP contribution in [0.25, 0.3) is 0 Å². The van der Waals surface area contributed by atoms with Crippen LogP contribution in [0.4, 0.5) is 0 Å². The summed E-state index contributed by atoms with van der Waals surface area (Å²) in [5.41, 5.74) is 0. The van der Waals surface area contributed by atoms with Crippen LogP contribution in [0.5, 0.6) is 0 Å². The van der Waals surface area contributed by atoms with Crippen LogP contribution in [0.2, 0.25) is 0 Å². The smallest absolute Gasteiger partial charge is 0.247 e. The van der Waals surface area contributed by atoms with E-state index in [1.165, 1.54) is 25.9 Å². The molecule has 0 aromatic carbocycles. The van der Waals surface area contributed by atoms with Gasteiger partial charge in [-0.05, 0) is 58.3 Å². The van der Waals surface area contributed by atoms with Gasteiger partial charge in [-0.25, -0.2) is 0 Å². The van der Waals surface area contributed by atoms with Crippen LogP contribution in [-0.2, 0) is 9.59 Å². The summed E-state index contributed by atoms with van der Waals surface area (Å²) >= 11 is 0. The van der Waals surface area contributed by atoms with Gasteiger partial charge in [0.25, 0.3) is 0 Å². The van der Waals surface area contributed by atoms with Crippen LogP contribution in [-0.4, -0.2) is 59.9 Å². The Balaban J connectivity index is 1.41. The molecule has 1 saturated carbocycles. The molecular formula is C16H27N3O2. The summed E-state index contributed by atoms with van der Waals surface area (Å²) in [5.74, 6) is 0.0528. The zero-order valence-corrected chi connectivity index (χ0v) is 12.9. The third kappa shape index (κ3) is 3.46. The fourth-order valence-electron chi connectivity index (χ4n) is 3.94. The lowest BCUT2D eigenvalue weighted by atomic mass is 10.2. The van der Waals surface area contributed by atoms with Crippen LogP contribution >= 0.6 is 0 Å². The highest BCUT2D eigenvalue weighted by molar-refractivity contribution is 6.05. The van der Waals surface area contributed by atoms with Gasteiger partial charge in [0.1, 0.15) is 0 Å². The predicted molar refractivity (Wildman–Crippen MR) is 80.8 cm³/mol. The molecule has 0 bridgehead atoms. The molecule has 2 heterocycles. The van der Waals surface area contributed by atoms with E-state index < -0.39 is 0 Å². The van der Waals surface area contributed by atoms with Gasteiger partial charge in [-0.1, -0.05) is 12.8 Å². The molecule has 0 radical (unpaired) electrons. The van der Waals surface area contributed by atoms with Gasteiger partial charge in [-0.15, -0.1) is 0 Å². The van der Waals surface area contributed by atoms with E-state index in [9.17, 15) is 9.59 Å². The number of amides is 2. The molecule has 21 heavy (non-hydrogen) atoms. The van der Waals surface area contributed by atoms with Crippen molar-refractivity contribution < 1.29 is 9.59 Å². The van der Waals surface area contributed by atoms with Gasteiger partial charge in [-0.2, -0.15) is 0 Å². The third-order valence-electron chi connectivity index (χ3n) is 5.11. The van der Waals surface area contributed by atoms with Crippen molar-refractivity contribution in [1.82, 2.24) is 15.1 Å². The molecule has 0 aromatic heterocycles. The van der Waals surface area contributed by atoms with E-state index in [4.69, 9.17) is 0 Å². The van der Waals surface area contributed by atoms with Crippen LogP contribution in [0.1, 0.15) is 51.4 Å². The summed E-state index contributed by atoms with van der Waals surface area (Å²) in [4.78, 5) is 28.5. The molecule has 0 spiro atoms. The molecule has 1 N–H and O–H groups in total. The summed E-state index contributed by atoms with van der Waals surface area (Å²) in [6.07, 6.45) is 8.35. The van der Waals surface area contributed by atoms with Crippen molar-refractivity contribution in [3.63, 3.8) is 0 Å². The lowest BCUT2D eigenvalue weighted by Crippen LogP contribution is -2.43. The van der Waals surface area contributed by atoms with E-state index in [0.717, 1.165) is 45.2 Å². The monoisotopic (exact) mass is 293 g/mol. The molecule has 5 nitrogen and oxygen atoms in total. The molecule has 2 aliphatic heterocycles. The van der Waals surface area contributed by atoms with Gasteiger partial charge in [0.2, 0.25) is 11.8 Å². The lowest BCUT2D eigenvalue weighted by Gasteiger charge is -2.22. The normalized spacial score (nSPS) is 28.2. The zero-order chi connectivity index (χ0) is 14.7. The highest BCUT2D eigenvalue weighted by Crippen LogP contribution is 2.28. The molecule has 3 rings (SSSR count). The summed E-state index contributed by atoms with van der Waals surface area (Å²) in [6, 6.07) is -0.0851. The summed E-state index contributed by atoms with van der Waals surface area (Å²) < 4.78 is 0. The number of nitrogens with zero attached hydrogens (tertiary/aromatic N) is 2. The van der Waals surface area contributed by atoms with Crippen LogP contribution in [0, 0.1) is 0 Å². The fraction of sp³-hybridized carbons (Fsp3) is 0.875. The van der Waals surface area contributed by atoms with Gasteiger partial charge in [-0.3, -0.25) is 14.5 Å². The summed E-state index contributed by atoms with van der Waals surface area (Å²) in [5, 5.41) is 3.30. The first-order valence-corrected chi connectivity index (χ1v) is 8.57. The van der Waals surface area contributed by atoms with Crippen molar-refractivity contribution in [2.45, 2.75) is 63.5 Å². The van der Waals surface area contributed by atoms with E-state index in [-0.39, 0.29) is 23.9 Å². The Bertz CT molecular complexity index is 387.